The summed E-state index contributed by atoms with van der Waals surface area (Å²) < 4.78 is 5.66. The molecule has 0 radical (unpaired) electrons. The van der Waals surface area contributed by atoms with Crippen LogP contribution in [0, 0.1) is 5.92 Å². The fraction of sp³-hybridized carbons (Fsp3) is 0.875. The van der Waals surface area contributed by atoms with Crippen LogP contribution in [0.3, 0.4) is 0 Å². The molecule has 2 fully saturated rings. The highest BCUT2D eigenvalue weighted by molar-refractivity contribution is 5.74. The standard InChI is InChI=1S/C16H28N2O4/c19-15(20)12-6-8-13(9-7-12)18-16(21)17-10-3-5-14-4-1-2-11-22-14/h12-14H,1-11H2,(H,19,20)(H2,17,18,21). The van der Waals surface area contributed by atoms with Crippen molar-refractivity contribution in [2.24, 2.45) is 5.92 Å². The van der Waals surface area contributed by atoms with Gasteiger partial charge in [-0.1, -0.05) is 0 Å². The van der Waals surface area contributed by atoms with E-state index in [0.29, 0.717) is 25.5 Å². The second-order valence-electron chi connectivity index (χ2n) is 6.42. The number of carboxylic acid groups (broad SMARTS) is 1. The maximum atomic E-state index is 11.8. The molecule has 1 heterocycles. The minimum Gasteiger partial charge on any atom is -0.481 e. The van der Waals surface area contributed by atoms with Gasteiger partial charge in [-0.25, -0.2) is 4.79 Å². The van der Waals surface area contributed by atoms with Gasteiger partial charge >= 0.3 is 12.0 Å². The molecular formula is C16H28N2O4. The zero-order valence-corrected chi connectivity index (χ0v) is 13.2. The number of hydrogen-bond acceptors (Lipinski definition) is 3. The number of ether oxygens (including phenoxy) is 1. The van der Waals surface area contributed by atoms with Crippen molar-refractivity contribution < 1.29 is 19.4 Å². The number of amides is 2. The summed E-state index contributed by atoms with van der Waals surface area (Å²) in [7, 11) is 0. The predicted octanol–water partition coefficient (Wildman–Crippen LogP) is 2.28. The van der Waals surface area contributed by atoms with Crippen molar-refractivity contribution in [2.75, 3.05) is 13.2 Å². The summed E-state index contributed by atoms with van der Waals surface area (Å²) in [6.45, 7) is 1.54. The molecule has 1 aliphatic carbocycles. The van der Waals surface area contributed by atoms with E-state index in [-0.39, 0.29) is 18.0 Å². The van der Waals surface area contributed by atoms with Gasteiger partial charge in [-0.05, 0) is 57.8 Å². The fourth-order valence-corrected chi connectivity index (χ4v) is 3.29. The summed E-state index contributed by atoms with van der Waals surface area (Å²) in [5.74, 6) is -0.954. The first-order chi connectivity index (χ1) is 10.6. The van der Waals surface area contributed by atoms with Crippen LogP contribution >= 0.6 is 0 Å². The number of carboxylic acids is 1. The highest BCUT2D eigenvalue weighted by Gasteiger charge is 2.26. The normalized spacial score (nSPS) is 28.8. The molecular weight excluding hydrogens is 284 g/mol. The average Bonchev–Trinajstić information content (AvgIpc) is 2.53. The van der Waals surface area contributed by atoms with Crippen LogP contribution in [-0.4, -0.2) is 42.4 Å². The van der Waals surface area contributed by atoms with Crippen LogP contribution in [0.25, 0.3) is 0 Å². The minimum absolute atomic E-state index is 0.109. The number of hydrogen-bond donors (Lipinski definition) is 3. The molecule has 0 aromatic carbocycles. The molecule has 126 valence electrons. The van der Waals surface area contributed by atoms with Gasteiger partial charge in [0.05, 0.1) is 12.0 Å². The molecule has 2 rings (SSSR count). The smallest absolute Gasteiger partial charge is 0.315 e. The lowest BCUT2D eigenvalue weighted by Crippen LogP contribution is -2.44. The highest BCUT2D eigenvalue weighted by atomic mass is 16.5. The molecule has 0 aromatic rings. The van der Waals surface area contributed by atoms with E-state index in [4.69, 9.17) is 9.84 Å². The molecule has 1 aliphatic heterocycles. The summed E-state index contributed by atoms with van der Waals surface area (Å²) in [5.41, 5.74) is 0. The van der Waals surface area contributed by atoms with Crippen molar-refractivity contribution in [3.63, 3.8) is 0 Å². The molecule has 2 aliphatic rings. The summed E-state index contributed by atoms with van der Waals surface area (Å²) in [5, 5.41) is 14.8. The third-order valence-corrected chi connectivity index (χ3v) is 4.67. The second-order valence-corrected chi connectivity index (χ2v) is 6.42. The molecule has 22 heavy (non-hydrogen) atoms. The lowest BCUT2D eigenvalue weighted by atomic mass is 9.86. The van der Waals surface area contributed by atoms with Crippen LogP contribution in [0.1, 0.15) is 57.8 Å². The minimum atomic E-state index is -0.715. The zero-order valence-electron chi connectivity index (χ0n) is 13.2. The molecule has 1 saturated carbocycles. The fourth-order valence-electron chi connectivity index (χ4n) is 3.29. The number of rotatable bonds is 6. The van der Waals surface area contributed by atoms with Crippen LogP contribution in [0.2, 0.25) is 0 Å². The van der Waals surface area contributed by atoms with E-state index >= 15 is 0 Å². The van der Waals surface area contributed by atoms with E-state index < -0.39 is 5.97 Å². The van der Waals surface area contributed by atoms with Crippen molar-refractivity contribution in [1.82, 2.24) is 10.6 Å². The van der Waals surface area contributed by atoms with Crippen molar-refractivity contribution in [2.45, 2.75) is 69.9 Å². The summed E-state index contributed by atoms with van der Waals surface area (Å²) in [6.07, 6.45) is 8.66. The topological polar surface area (TPSA) is 87.7 Å². The van der Waals surface area contributed by atoms with Crippen molar-refractivity contribution in [1.29, 1.82) is 0 Å². The second kappa shape index (κ2) is 8.98. The Morgan fingerprint density at radius 3 is 2.50 bits per heavy atom. The molecule has 0 bridgehead atoms. The largest absolute Gasteiger partial charge is 0.481 e. The average molecular weight is 312 g/mol. The van der Waals surface area contributed by atoms with Crippen molar-refractivity contribution >= 4 is 12.0 Å². The van der Waals surface area contributed by atoms with Gasteiger partial charge in [0.25, 0.3) is 0 Å². The Kier molecular flexibility index (Phi) is 6.96. The lowest BCUT2D eigenvalue weighted by Gasteiger charge is -2.27. The third-order valence-electron chi connectivity index (χ3n) is 4.67. The Labute approximate surface area is 132 Å². The Morgan fingerprint density at radius 1 is 1.09 bits per heavy atom. The molecule has 1 saturated heterocycles. The molecule has 2 amide bonds. The molecule has 1 unspecified atom stereocenters. The summed E-state index contributed by atoms with van der Waals surface area (Å²) in [4.78, 5) is 22.7. The Balaban J connectivity index is 1.52. The number of nitrogens with one attached hydrogen (secondary N) is 2. The summed E-state index contributed by atoms with van der Waals surface area (Å²) >= 11 is 0. The maximum Gasteiger partial charge on any atom is 0.315 e. The van der Waals surface area contributed by atoms with Crippen LogP contribution in [0.4, 0.5) is 4.79 Å². The van der Waals surface area contributed by atoms with Gasteiger partial charge < -0.3 is 20.5 Å². The molecule has 6 nitrogen and oxygen atoms in total. The lowest BCUT2D eigenvalue weighted by molar-refractivity contribution is -0.142. The van der Waals surface area contributed by atoms with E-state index in [1.807, 2.05) is 0 Å². The Bertz CT molecular complexity index is 361. The van der Waals surface area contributed by atoms with Gasteiger partial charge in [-0.2, -0.15) is 0 Å². The SMILES string of the molecule is O=C(NCCCC1CCCCO1)NC1CCC(C(=O)O)CC1. The highest BCUT2D eigenvalue weighted by Crippen LogP contribution is 2.24. The van der Waals surface area contributed by atoms with Crippen LogP contribution in [0.15, 0.2) is 0 Å². The monoisotopic (exact) mass is 312 g/mol. The predicted molar refractivity (Wildman–Crippen MR) is 82.7 cm³/mol. The van der Waals surface area contributed by atoms with Gasteiger partial charge in [0, 0.05) is 19.2 Å². The first-order valence-corrected chi connectivity index (χ1v) is 8.54. The Hall–Kier alpha value is -1.30. The summed E-state index contributed by atoms with van der Waals surface area (Å²) in [6, 6.07) is -0.0272. The van der Waals surface area contributed by atoms with Crippen LogP contribution in [-0.2, 0) is 9.53 Å². The molecule has 0 spiro atoms. The van der Waals surface area contributed by atoms with Crippen LogP contribution in [0.5, 0.6) is 0 Å². The van der Waals surface area contributed by atoms with Crippen LogP contribution < -0.4 is 10.6 Å². The van der Waals surface area contributed by atoms with E-state index in [0.717, 1.165) is 38.7 Å². The van der Waals surface area contributed by atoms with Gasteiger partial charge in [-0.3, -0.25) is 4.79 Å². The number of carbonyl (C=O) groups excluding carboxylic acids is 1. The first-order valence-electron chi connectivity index (χ1n) is 8.54. The maximum absolute atomic E-state index is 11.8. The van der Waals surface area contributed by atoms with E-state index in [1.165, 1.54) is 12.8 Å². The third kappa shape index (κ3) is 5.83. The quantitative estimate of drug-likeness (QED) is 0.657. The van der Waals surface area contributed by atoms with Gasteiger partial charge in [0.2, 0.25) is 0 Å². The Morgan fingerprint density at radius 2 is 1.86 bits per heavy atom. The molecule has 1 atom stereocenters. The molecule has 0 aromatic heterocycles. The van der Waals surface area contributed by atoms with E-state index in [1.54, 1.807) is 0 Å². The van der Waals surface area contributed by atoms with Gasteiger partial charge in [-0.15, -0.1) is 0 Å². The zero-order chi connectivity index (χ0) is 15.8. The number of aliphatic carboxylic acids is 1. The van der Waals surface area contributed by atoms with E-state index in [9.17, 15) is 9.59 Å². The van der Waals surface area contributed by atoms with E-state index in [2.05, 4.69) is 10.6 Å². The van der Waals surface area contributed by atoms with Crippen molar-refractivity contribution in [3.05, 3.63) is 0 Å². The van der Waals surface area contributed by atoms with Gasteiger partial charge in [0.15, 0.2) is 0 Å². The first kappa shape index (κ1) is 17.1. The number of urea groups is 1. The number of carbonyl (C=O) groups is 2. The molecule has 6 heteroatoms. The van der Waals surface area contributed by atoms with Crippen molar-refractivity contribution in [3.8, 4) is 0 Å². The molecule has 3 N–H and O–H groups in total. The van der Waals surface area contributed by atoms with Gasteiger partial charge in [0.1, 0.15) is 0 Å².